The largest absolute Gasteiger partial charge is 0.381 e. The Bertz CT molecular complexity index is 925. The van der Waals surface area contributed by atoms with Crippen LogP contribution in [0.1, 0.15) is 54.0 Å². The van der Waals surface area contributed by atoms with E-state index in [0.717, 1.165) is 47.6 Å². The van der Waals surface area contributed by atoms with Gasteiger partial charge in [-0.1, -0.05) is 47.5 Å². The number of hydrogen-bond donors (Lipinski definition) is 2. The lowest BCUT2D eigenvalue weighted by Crippen LogP contribution is -2.29. The molecule has 166 valence electrons. The Balaban J connectivity index is 1.60. The van der Waals surface area contributed by atoms with E-state index in [1.54, 1.807) is 6.92 Å². The molecule has 1 saturated heterocycles. The molecule has 1 heterocycles. The van der Waals surface area contributed by atoms with Crippen LogP contribution < -0.4 is 11.1 Å². The number of aryl methyl sites for hydroxylation is 3. The van der Waals surface area contributed by atoms with E-state index in [-0.39, 0.29) is 11.7 Å². The summed E-state index contributed by atoms with van der Waals surface area (Å²) < 4.78 is 0. The molecule has 1 amide bonds. The molecule has 1 atom stereocenters. The minimum absolute atomic E-state index is 0.259. The Morgan fingerprint density at radius 3 is 2.48 bits per heavy atom. The van der Waals surface area contributed by atoms with E-state index < -0.39 is 6.10 Å². The van der Waals surface area contributed by atoms with E-state index in [1.165, 1.54) is 24.8 Å². The van der Waals surface area contributed by atoms with Crippen LogP contribution in [0.25, 0.3) is 0 Å². The topological polar surface area (TPSA) is 79.9 Å². The molecule has 31 heavy (non-hydrogen) atoms. The number of nitrogens with two attached hydrogens (primary N) is 1. The third-order valence-electron chi connectivity index (χ3n) is 5.68. The van der Waals surface area contributed by atoms with Gasteiger partial charge in [-0.05, 0) is 76.4 Å². The molecule has 0 aliphatic carbocycles. The fourth-order valence-corrected chi connectivity index (χ4v) is 4.04. The van der Waals surface area contributed by atoms with Crippen molar-refractivity contribution in [3.8, 4) is 0 Å². The number of amidine groups is 1. The maximum Gasteiger partial charge on any atom is 0.268 e. The summed E-state index contributed by atoms with van der Waals surface area (Å²) >= 11 is 0. The first-order chi connectivity index (χ1) is 14.8. The number of benzene rings is 2. The predicted molar refractivity (Wildman–Crippen MR) is 126 cm³/mol. The van der Waals surface area contributed by atoms with Crippen molar-refractivity contribution in [3.05, 3.63) is 64.2 Å². The van der Waals surface area contributed by atoms with Crippen LogP contribution in [0.5, 0.6) is 0 Å². The van der Waals surface area contributed by atoms with Crippen LogP contribution in [-0.2, 0) is 16.2 Å². The standard InChI is InChI=1S/C25H34N4O2/c1-17-13-18(2)23(19(3)14-17)27-25(30)20(4)31-28-24(26)22-10-8-9-21(15-22)16-29-11-6-5-7-12-29/h8-10,13-15,20H,5-7,11-12,16H2,1-4H3,(H2,26,28)(H,27,30). The summed E-state index contributed by atoms with van der Waals surface area (Å²) in [6, 6.07) is 12.1. The number of carbonyl (C=O) groups is 1. The van der Waals surface area contributed by atoms with Crippen molar-refractivity contribution < 1.29 is 9.63 Å². The zero-order valence-electron chi connectivity index (χ0n) is 19.1. The summed E-state index contributed by atoms with van der Waals surface area (Å²) in [5.41, 5.74) is 12.2. The Labute approximate surface area is 185 Å². The van der Waals surface area contributed by atoms with Crippen molar-refractivity contribution in [1.29, 1.82) is 0 Å². The molecule has 0 bridgehead atoms. The number of piperidine rings is 1. The van der Waals surface area contributed by atoms with Gasteiger partial charge in [-0.25, -0.2) is 0 Å². The number of rotatable bonds is 7. The molecule has 2 aromatic rings. The van der Waals surface area contributed by atoms with Gasteiger partial charge in [0.1, 0.15) is 0 Å². The SMILES string of the molecule is Cc1cc(C)c(NC(=O)C(C)O/N=C(/N)c2cccc(CN3CCCCC3)c2)c(C)c1. The lowest BCUT2D eigenvalue weighted by Gasteiger charge is -2.26. The number of anilines is 1. The zero-order valence-corrected chi connectivity index (χ0v) is 19.1. The molecule has 6 heteroatoms. The Morgan fingerprint density at radius 1 is 1.13 bits per heavy atom. The molecule has 1 fully saturated rings. The smallest absolute Gasteiger partial charge is 0.268 e. The van der Waals surface area contributed by atoms with Crippen molar-refractivity contribution >= 4 is 17.4 Å². The van der Waals surface area contributed by atoms with E-state index in [9.17, 15) is 4.79 Å². The average Bonchev–Trinajstić information content (AvgIpc) is 2.75. The number of carbonyl (C=O) groups excluding carboxylic acids is 1. The number of nitrogens with one attached hydrogen (secondary N) is 1. The number of hydrogen-bond acceptors (Lipinski definition) is 4. The van der Waals surface area contributed by atoms with Crippen molar-refractivity contribution in [3.63, 3.8) is 0 Å². The zero-order chi connectivity index (χ0) is 22.4. The van der Waals surface area contributed by atoms with Crippen LogP contribution in [0.15, 0.2) is 41.6 Å². The van der Waals surface area contributed by atoms with Crippen molar-refractivity contribution in [2.24, 2.45) is 10.9 Å². The normalized spacial score (nSPS) is 16.1. The molecule has 1 unspecified atom stereocenters. The molecule has 0 spiro atoms. The second-order valence-electron chi connectivity index (χ2n) is 8.52. The maximum atomic E-state index is 12.6. The van der Waals surface area contributed by atoms with E-state index in [0.29, 0.717) is 0 Å². The maximum absolute atomic E-state index is 12.6. The number of oxime groups is 1. The van der Waals surface area contributed by atoms with Gasteiger partial charge in [-0.2, -0.15) is 0 Å². The summed E-state index contributed by atoms with van der Waals surface area (Å²) in [5, 5.41) is 6.97. The van der Waals surface area contributed by atoms with Crippen molar-refractivity contribution in [1.82, 2.24) is 4.90 Å². The van der Waals surface area contributed by atoms with Crippen molar-refractivity contribution in [2.45, 2.75) is 59.6 Å². The van der Waals surface area contributed by atoms with Gasteiger partial charge in [0.2, 0.25) is 6.10 Å². The monoisotopic (exact) mass is 422 g/mol. The van der Waals surface area contributed by atoms with Crippen LogP contribution in [0, 0.1) is 20.8 Å². The Kier molecular flexibility index (Phi) is 7.69. The summed E-state index contributed by atoms with van der Waals surface area (Å²) in [6.07, 6.45) is 3.08. The van der Waals surface area contributed by atoms with Gasteiger partial charge in [0, 0.05) is 17.8 Å². The fourth-order valence-electron chi connectivity index (χ4n) is 4.04. The molecule has 0 saturated carbocycles. The van der Waals surface area contributed by atoms with E-state index in [2.05, 4.69) is 21.4 Å². The van der Waals surface area contributed by atoms with Gasteiger partial charge in [-0.15, -0.1) is 0 Å². The van der Waals surface area contributed by atoms with Crippen LogP contribution in [0.3, 0.4) is 0 Å². The highest BCUT2D eigenvalue weighted by Gasteiger charge is 2.17. The molecule has 3 N–H and O–H groups in total. The van der Waals surface area contributed by atoms with Crippen molar-refractivity contribution in [2.75, 3.05) is 18.4 Å². The number of nitrogens with zero attached hydrogens (tertiary/aromatic N) is 2. The molecule has 6 nitrogen and oxygen atoms in total. The molecule has 0 aromatic heterocycles. The number of amides is 1. The molecule has 0 radical (unpaired) electrons. The first kappa shape index (κ1) is 22.8. The summed E-state index contributed by atoms with van der Waals surface area (Å²) in [7, 11) is 0. The van der Waals surface area contributed by atoms with Gasteiger partial charge in [0.05, 0.1) is 0 Å². The molecule has 1 aliphatic heterocycles. The van der Waals surface area contributed by atoms with Gasteiger partial charge in [0.15, 0.2) is 5.84 Å². The van der Waals surface area contributed by atoms with Crippen LogP contribution in [-0.4, -0.2) is 35.8 Å². The van der Waals surface area contributed by atoms with Gasteiger partial charge in [-0.3, -0.25) is 9.69 Å². The molecular formula is C25H34N4O2. The molecule has 2 aromatic carbocycles. The highest BCUT2D eigenvalue weighted by Crippen LogP contribution is 2.22. The Morgan fingerprint density at radius 2 is 1.81 bits per heavy atom. The second kappa shape index (κ2) is 10.4. The lowest BCUT2D eigenvalue weighted by molar-refractivity contribution is -0.126. The predicted octanol–water partition coefficient (Wildman–Crippen LogP) is 4.26. The molecule has 1 aliphatic rings. The molecule has 3 rings (SSSR count). The van der Waals surface area contributed by atoms with Gasteiger partial charge >= 0.3 is 0 Å². The van der Waals surface area contributed by atoms with E-state index in [4.69, 9.17) is 10.6 Å². The van der Waals surface area contributed by atoms with Crippen LogP contribution in [0.4, 0.5) is 5.69 Å². The van der Waals surface area contributed by atoms with Crippen LogP contribution in [0.2, 0.25) is 0 Å². The second-order valence-corrected chi connectivity index (χ2v) is 8.52. The highest BCUT2D eigenvalue weighted by atomic mass is 16.6. The minimum Gasteiger partial charge on any atom is -0.381 e. The lowest BCUT2D eigenvalue weighted by atomic mass is 10.0. The fraction of sp³-hybridized carbons (Fsp3) is 0.440. The van der Waals surface area contributed by atoms with E-state index in [1.807, 2.05) is 51.1 Å². The van der Waals surface area contributed by atoms with E-state index >= 15 is 0 Å². The third kappa shape index (κ3) is 6.31. The minimum atomic E-state index is -0.768. The first-order valence-electron chi connectivity index (χ1n) is 11.0. The average molecular weight is 423 g/mol. The quantitative estimate of drug-likeness (QED) is 0.397. The third-order valence-corrected chi connectivity index (χ3v) is 5.68. The van der Waals surface area contributed by atoms with Crippen LogP contribution >= 0.6 is 0 Å². The highest BCUT2D eigenvalue weighted by molar-refractivity contribution is 5.98. The summed E-state index contributed by atoms with van der Waals surface area (Å²) in [5.74, 6) is 0.00768. The van der Waals surface area contributed by atoms with Gasteiger partial charge < -0.3 is 15.9 Å². The number of likely N-dealkylation sites (tertiary alicyclic amines) is 1. The molecular weight excluding hydrogens is 388 g/mol. The Hall–Kier alpha value is -2.86. The summed E-state index contributed by atoms with van der Waals surface area (Å²) in [4.78, 5) is 20.5. The summed E-state index contributed by atoms with van der Waals surface area (Å²) in [6.45, 7) is 10.9. The van der Waals surface area contributed by atoms with Gasteiger partial charge in [0.25, 0.3) is 5.91 Å². The first-order valence-corrected chi connectivity index (χ1v) is 11.0.